The first-order valence-corrected chi connectivity index (χ1v) is 18.8. The number of imide groups is 1. The number of alkyl halides is 2. The fourth-order valence-corrected chi connectivity index (χ4v) is 9.67. The Labute approximate surface area is 300 Å². The van der Waals surface area contributed by atoms with Gasteiger partial charge in [0.15, 0.2) is 0 Å². The second kappa shape index (κ2) is 12.4. The Balaban J connectivity index is 1.39. The highest BCUT2D eigenvalue weighted by Crippen LogP contribution is 2.67. The lowest BCUT2D eigenvalue weighted by Gasteiger charge is -2.37. The van der Waals surface area contributed by atoms with Gasteiger partial charge in [-0.25, -0.2) is 0 Å². The Kier molecular flexibility index (Phi) is 9.02. The Morgan fingerprint density at radius 2 is 1.60 bits per heavy atom. The summed E-state index contributed by atoms with van der Waals surface area (Å²) >= 11 is 9.97. The van der Waals surface area contributed by atoms with Crippen molar-refractivity contribution < 1.29 is 28.7 Å². The normalized spacial score (nSPS) is 23.7. The number of amides is 2. The third-order valence-corrected chi connectivity index (χ3v) is 12.2. The molecule has 1 aromatic carbocycles. The van der Waals surface area contributed by atoms with Crippen LogP contribution < -0.4 is 0 Å². The van der Waals surface area contributed by atoms with Gasteiger partial charge in [-0.3, -0.25) is 24.1 Å². The fourth-order valence-electron chi connectivity index (χ4n) is 7.36. The summed E-state index contributed by atoms with van der Waals surface area (Å²) in [6, 6.07) is 14.6. The highest BCUT2D eigenvalue weighted by Gasteiger charge is 2.69. The van der Waals surface area contributed by atoms with Crippen molar-refractivity contribution in [3.63, 3.8) is 0 Å². The summed E-state index contributed by atoms with van der Waals surface area (Å²) < 4.78 is 9.40. The molecule has 2 bridgehead atoms. The lowest BCUT2D eigenvalue weighted by atomic mass is 9.64. The minimum absolute atomic E-state index is 0.0133. The van der Waals surface area contributed by atoms with E-state index in [1.54, 1.807) is 50.4 Å². The summed E-state index contributed by atoms with van der Waals surface area (Å²) in [6.45, 7) is 11.1. The predicted molar refractivity (Wildman–Crippen MR) is 192 cm³/mol. The first-order chi connectivity index (χ1) is 22.0. The molecule has 2 aliphatic carbocycles. The van der Waals surface area contributed by atoms with Crippen LogP contribution in [0, 0.1) is 31.6 Å². The van der Waals surface area contributed by atoms with Gasteiger partial charge < -0.3 is 9.47 Å². The molecule has 11 heteroatoms. The van der Waals surface area contributed by atoms with E-state index in [-0.39, 0.29) is 43.5 Å². The maximum absolute atomic E-state index is 14.4. The van der Waals surface area contributed by atoms with Crippen LogP contribution >= 0.6 is 54.5 Å². The van der Waals surface area contributed by atoms with Gasteiger partial charge in [-0.1, -0.05) is 68.3 Å². The molecule has 1 aliphatic heterocycles. The van der Waals surface area contributed by atoms with E-state index >= 15 is 0 Å². The number of carbonyl (C=O) groups excluding carboxylic acids is 4. The average molecular weight is 804 g/mol. The van der Waals surface area contributed by atoms with Crippen LogP contribution in [0.1, 0.15) is 59.9 Å². The van der Waals surface area contributed by atoms with Gasteiger partial charge in [0.1, 0.15) is 21.9 Å². The predicted octanol–water partition coefficient (Wildman–Crippen LogP) is 7.98. The molecule has 0 radical (unpaired) electrons. The molecule has 3 heterocycles. The minimum atomic E-state index is -0.867. The Bertz CT molecular complexity index is 1800. The van der Waals surface area contributed by atoms with E-state index in [1.807, 2.05) is 25.1 Å². The molecule has 0 N–H and O–H groups in total. The molecule has 1 saturated carbocycles. The number of esters is 2. The summed E-state index contributed by atoms with van der Waals surface area (Å²) in [5.41, 5.74) is 3.59. The number of hydrogen-bond acceptors (Lipinski definition) is 8. The summed E-state index contributed by atoms with van der Waals surface area (Å²) in [4.78, 5) is 58.8. The fraction of sp³-hybridized carbons (Fsp3) is 0.444. The number of nitrogens with zero attached hydrogens (tertiary/aromatic N) is 1. The van der Waals surface area contributed by atoms with Crippen LogP contribution in [0.15, 0.2) is 48.5 Å². The van der Waals surface area contributed by atoms with E-state index in [2.05, 4.69) is 69.1 Å². The first-order valence-electron chi connectivity index (χ1n) is 15.6. The first kappa shape index (κ1) is 34.3. The SMILES string of the molecule is Cc1sc(-c2ccccc2)cc1C1=CC2CC1(c1cc(COC(=O)C(C)(C)Br)sc1C)C1C(=O)N(CCOC(=O)C(C)(C)Br)C(=O)C21. The third-order valence-electron chi connectivity index (χ3n) is 9.43. The van der Waals surface area contributed by atoms with Crippen molar-refractivity contribution in [1.82, 2.24) is 4.90 Å². The van der Waals surface area contributed by atoms with Gasteiger partial charge >= 0.3 is 11.9 Å². The molecule has 3 aromatic rings. The highest BCUT2D eigenvalue weighted by molar-refractivity contribution is 9.10. The molecular formula is C36H37Br2NO6S2. The van der Waals surface area contributed by atoms with Crippen LogP contribution in [0.25, 0.3) is 16.0 Å². The molecule has 2 fully saturated rings. The van der Waals surface area contributed by atoms with Crippen molar-refractivity contribution in [2.75, 3.05) is 13.2 Å². The largest absolute Gasteiger partial charge is 0.463 e. The quantitative estimate of drug-likeness (QED) is 0.117. The summed E-state index contributed by atoms with van der Waals surface area (Å²) in [6.07, 6.45) is 2.88. The molecule has 248 valence electrons. The van der Waals surface area contributed by atoms with Gasteiger partial charge in [0, 0.05) is 24.9 Å². The molecular weight excluding hydrogens is 766 g/mol. The zero-order valence-electron chi connectivity index (χ0n) is 27.1. The molecule has 2 amide bonds. The Morgan fingerprint density at radius 3 is 2.26 bits per heavy atom. The standard InChI is InChI=1S/C36H37Br2NO6S2/c1-19-24(16-27(47-19)21-10-8-7-9-11-21)26-14-22-17-36(26,25-15-23(46-20(25)2)18-45-33(43)35(5,6)38)29-28(22)30(40)39(31(29)41)12-13-44-32(42)34(3,4)37/h7-11,14-16,22,28-29H,12-13,17-18H2,1-6H3. The maximum atomic E-state index is 14.4. The number of allylic oxidation sites excluding steroid dienone is 2. The monoisotopic (exact) mass is 801 g/mol. The molecule has 47 heavy (non-hydrogen) atoms. The number of thiophene rings is 2. The van der Waals surface area contributed by atoms with Crippen molar-refractivity contribution >= 4 is 83.9 Å². The van der Waals surface area contributed by atoms with E-state index in [9.17, 15) is 19.2 Å². The highest BCUT2D eigenvalue weighted by atomic mass is 79.9. The number of likely N-dealkylation sites (tertiary alicyclic amines) is 1. The zero-order chi connectivity index (χ0) is 34.1. The molecule has 4 unspecified atom stereocenters. The van der Waals surface area contributed by atoms with Gasteiger partial charge in [-0.2, -0.15) is 0 Å². The van der Waals surface area contributed by atoms with Gasteiger partial charge in [-0.05, 0) is 88.3 Å². The van der Waals surface area contributed by atoms with Crippen molar-refractivity contribution in [2.45, 2.75) is 68.6 Å². The van der Waals surface area contributed by atoms with E-state index in [0.29, 0.717) is 6.42 Å². The van der Waals surface area contributed by atoms with Crippen molar-refractivity contribution in [1.29, 1.82) is 0 Å². The molecule has 2 aromatic heterocycles. The number of ether oxygens (including phenoxy) is 2. The Hall–Kier alpha value is -2.60. The van der Waals surface area contributed by atoms with E-state index in [0.717, 1.165) is 41.8 Å². The van der Waals surface area contributed by atoms with Gasteiger partial charge in [0.25, 0.3) is 0 Å². The number of carbonyl (C=O) groups is 4. The third kappa shape index (κ3) is 5.99. The van der Waals surface area contributed by atoms with Crippen molar-refractivity contribution in [2.24, 2.45) is 17.8 Å². The van der Waals surface area contributed by atoms with E-state index < -0.39 is 31.9 Å². The lowest BCUT2D eigenvalue weighted by molar-refractivity contribution is -0.150. The van der Waals surface area contributed by atoms with Crippen molar-refractivity contribution in [3.05, 3.63) is 74.3 Å². The number of aryl methyl sites for hydroxylation is 2. The number of rotatable bonds is 10. The second-order valence-electron chi connectivity index (χ2n) is 13.5. The van der Waals surface area contributed by atoms with Gasteiger partial charge in [0.05, 0.1) is 18.4 Å². The molecule has 4 atom stereocenters. The van der Waals surface area contributed by atoms with Crippen LogP contribution in [0.5, 0.6) is 0 Å². The van der Waals surface area contributed by atoms with Crippen LogP contribution in [-0.4, -0.2) is 50.5 Å². The molecule has 6 rings (SSSR count). The van der Waals surface area contributed by atoms with E-state index in [4.69, 9.17) is 9.47 Å². The van der Waals surface area contributed by atoms with Crippen molar-refractivity contribution in [3.8, 4) is 10.4 Å². The van der Waals surface area contributed by atoms with Crippen LogP contribution in [-0.2, 0) is 40.7 Å². The molecule has 7 nitrogen and oxygen atoms in total. The summed E-state index contributed by atoms with van der Waals surface area (Å²) in [5.74, 6) is -2.43. The van der Waals surface area contributed by atoms with Gasteiger partial charge in [-0.15, -0.1) is 22.7 Å². The van der Waals surface area contributed by atoms with Gasteiger partial charge in [0.2, 0.25) is 11.8 Å². The number of benzene rings is 1. The van der Waals surface area contributed by atoms with Crippen LogP contribution in [0.4, 0.5) is 0 Å². The number of hydrogen-bond donors (Lipinski definition) is 0. The topological polar surface area (TPSA) is 90.0 Å². The molecule has 1 saturated heterocycles. The second-order valence-corrected chi connectivity index (χ2v) is 20.1. The molecule has 3 aliphatic rings. The maximum Gasteiger partial charge on any atom is 0.322 e. The van der Waals surface area contributed by atoms with Crippen LogP contribution in [0.2, 0.25) is 0 Å². The van der Waals surface area contributed by atoms with E-state index in [1.165, 1.54) is 4.90 Å². The zero-order valence-corrected chi connectivity index (χ0v) is 32.0. The van der Waals surface area contributed by atoms with Crippen LogP contribution in [0.3, 0.4) is 0 Å². The number of fused-ring (bicyclic) bond motifs is 5. The lowest BCUT2D eigenvalue weighted by Crippen LogP contribution is -2.41. The Morgan fingerprint density at radius 1 is 0.936 bits per heavy atom. The number of halogens is 2. The summed E-state index contributed by atoms with van der Waals surface area (Å²) in [7, 11) is 0. The average Bonchev–Trinajstić information content (AvgIpc) is 3.80. The minimum Gasteiger partial charge on any atom is -0.463 e. The summed E-state index contributed by atoms with van der Waals surface area (Å²) in [5, 5.41) is 0. The smallest absolute Gasteiger partial charge is 0.322 e. The molecule has 0 spiro atoms.